The van der Waals surface area contributed by atoms with E-state index in [-0.39, 0.29) is 0 Å². The van der Waals surface area contributed by atoms with Crippen molar-refractivity contribution in [2.45, 2.75) is 13.3 Å². The summed E-state index contributed by atoms with van der Waals surface area (Å²) in [6, 6.07) is 82.6. The molecule has 0 saturated carbocycles. The maximum atomic E-state index is 4.90. The average Bonchev–Trinajstić information content (AvgIpc) is 3.95. The number of allylic oxidation sites excluding steroid dienone is 3. The molecule has 3 heteroatoms. The summed E-state index contributed by atoms with van der Waals surface area (Å²) in [6.07, 6.45) is 0.974. The summed E-state index contributed by atoms with van der Waals surface area (Å²) < 4.78 is 2.21. The minimum atomic E-state index is 0.891. The van der Waals surface area contributed by atoms with Crippen LogP contribution in [0.25, 0.3) is 68.7 Å². The van der Waals surface area contributed by atoms with Gasteiger partial charge in [-0.1, -0.05) is 165 Å². The highest BCUT2D eigenvalue weighted by Gasteiger charge is 2.23. The summed E-state index contributed by atoms with van der Waals surface area (Å²) in [4.78, 5) is 4.76. The zero-order chi connectivity index (χ0) is 46.1. The number of hydrogen-bond acceptors (Lipinski definition) is 2. The highest BCUT2D eigenvalue weighted by atomic mass is 15.2. The first-order valence-electron chi connectivity index (χ1n) is 23.4. The van der Waals surface area contributed by atoms with Gasteiger partial charge in [-0.2, -0.15) is 0 Å². The molecule has 0 aliphatic carbocycles. The van der Waals surface area contributed by atoms with Gasteiger partial charge in [0.15, 0.2) is 0 Å². The molecule has 0 atom stereocenters. The van der Waals surface area contributed by atoms with E-state index in [1.807, 2.05) is 6.07 Å². The summed E-state index contributed by atoms with van der Waals surface area (Å²) in [6.45, 7) is 17.1. The minimum absolute atomic E-state index is 0.891. The number of fused-ring (bicyclic) bond motifs is 2. The van der Waals surface area contributed by atoms with E-state index in [2.05, 4.69) is 259 Å². The Hall–Kier alpha value is -8.66. The minimum Gasteiger partial charge on any atom is -0.341 e. The van der Waals surface area contributed by atoms with Gasteiger partial charge in [0.2, 0.25) is 0 Å². The number of hydrogen-bond donors (Lipinski definition) is 0. The third kappa shape index (κ3) is 7.84. The third-order valence-electron chi connectivity index (χ3n) is 13.6. The van der Waals surface area contributed by atoms with Crippen molar-refractivity contribution in [2.75, 3.05) is 16.3 Å². The second-order valence-corrected chi connectivity index (χ2v) is 17.6. The second kappa shape index (κ2) is 18.0. The lowest BCUT2D eigenvalue weighted by Crippen LogP contribution is -2.25. The third-order valence-corrected chi connectivity index (χ3v) is 13.6. The van der Waals surface area contributed by atoms with Gasteiger partial charge in [0.1, 0.15) is 0 Å². The summed E-state index contributed by atoms with van der Waals surface area (Å²) in [5, 5.41) is 2.90. The van der Waals surface area contributed by atoms with E-state index in [0.29, 0.717) is 0 Å². The van der Waals surface area contributed by atoms with E-state index in [1.54, 1.807) is 0 Å². The van der Waals surface area contributed by atoms with Crippen molar-refractivity contribution in [1.29, 1.82) is 0 Å². The van der Waals surface area contributed by atoms with Gasteiger partial charge in [-0.3, -0.25) is 0 Å². The molecular weight excluding hydrogens is 823 g/mol. The summed E-state index contributed by atoms with van der Waals surface area (Å²) >= 11 is 0. The molecule has 0 fully saturated rings. The normalized spacial score (nSPS) is 12.5. The van der Waals surface area contributed by atoms with E-state index in [1.165, 1.54) is 39.2 Å². The topological polar surface area (TPSA) is 11.4 Å². The molecule has 11 rings (SSSR count). The first kappa shape index (κ1) is 42.0. The van der Waals surface area contributed by atoms with Crippen molar-refractivity contribution < 1.29 is 0 Å². The molecule has 68 heavy (non-hydrogen) atoms. The van der Waals surface area contributed by atoms with Gasteiger partial charge in [0.05, 0.1) is 5.52 Å². The summed E-state index contributed by atoms with van der Waals surface area (Å²) in [5.74, 6) is 0. The molecule has 9 aromatic carbocycles. The Bertz CT molecular complexity index is 3490. The number of para-hydroxylation sites is 2. The Morgan fingerprint density at radius 2 is 0.941 bits per heavy atom. The van der Waals surface area contributed by atoms with Crippen LogP contribution in [-0.4, -0.2) is 11.1 Å². The smallest absolute Gasteiger partial charge is 0.0541 e. The molecule has 2 heterocycles. The molecule has 1 aliphatic rings. The Morgan fingerprint density at radius 1 is 0.471 bits per heavy atom. The zero-order valence-corrected chi connectivity index (χ0v) is 38.3. The molecule has 0 saturated heterocycles. The molecule has 0 N–H and O–H groups in total. The molecule has 326 valence electrons. The zero-order valence-electron chi connectivity index (χ0n) is 38.3. The Kier molecular flexibility index (Phi) is 11.1. The summed E-state index contributed by atoms with van der Waals surface area (Å²) in [7, 11) is 0. The van der Waals surface area contributed by atoms with Crippen LogP contribution in [0.2, 0.25) is 0 Å². The Balaban J connectivity index is 1.02. The predicted octanol–water partition coefficient (Wildman–Crippen LogP) is 15.6. The van der Waals surface area contributed by atoms with E-state index in [4.69, 9.17) is 6.58 Å². The van der Waals surface area contributed by atoms with Gasteiger partial charge in [-0.25, -0.2) is 0 Å². The van der Waals surface area contributed by atoms with Gasteiger partial charge in [0.25, 0.3) is 0 Å². The molecule has 10 aromatic rings. The standard InChI is InChI=1S/C65H51N3/c1-45-48(4)67(58-23-15-8-16-24-58)64-40-32-55(44-62(45)64)47(3)65(46(2)54-31-39-63-56(43-54)41-42-66(63)57-21-13-7-14-22-57)53-29-37-61(38-30-53)68(59-33-25-51(26-34-59)49-17-9-5-10-18-49)60-35-27-52(28-36-60)50-19-11-6-12-20-50/h5-40,43-44H,1-2,4,41-42H2,3H3/b65-47-. The van der Waals surface area contributed by atoms with E-state index < -0.39 is 0 Å². The van der Waals surface area contributed by atoms with Crippen molar-refractivity contribution in [1.82, 2.24) is 4.57 Å². The van der Waals surface area contributed by atoms with E-state index >= 15 is 0 Å². The quantitative estimate of drug-likeness (QED) is 0.0947. The van der Waals surface area contributed by atoms with Crippen LogP contribution in [0.1, 0.15) is 29.2 Å². The lowest BCUT2D eigenvalue weighted by atomic mass is 9.86. The van der Waals surface area contributed by atoms with Crippen LogP contribution in [0, 0.1) is 0 Å². The molecule has 3 nitrogen and oxygen atoms in total. The van der Waals surface area contributed by atoms with Crippen molar-refractivity contribution in [3.63, 3.8) is 0 Å². The molecule has 0 amide bonds. The van der Waals surface area contributed by atoms with Crippen molar-refractivity contribution in [3.05, 3.63) is 270 Å². The van der Waals surface area contributed by atoms with Gasteiger partial charge in [-0.05, 0) is 160 Å². The SMILES string of the molecule is C=C(/C(=C(\C)c1ccc2c(c1)c(=C)c(=C)n2-c1ccccc1)c1ccc(N(c2ccc(-c3ccccc3)cc2)c2ccc(-c3ccccc3)cc2)cc1)c1ccc2c(c1)CCN2c1ccccc1. The van der Waals surface area contributed by atoms with E-state index in [0.717, 1.165) is 90.6 Å². The van der Waals surface area contributed by atoms with Gasteiger partial charge in [0, 0.05) is 56.6 Å². The van der Waals surface area contributed by atoms with Crippen LogP contribution >= 0.6 is 0 Å². The highest BCUT2D eigenvalue weighted by molar-refractivity contribution is 6.14. The number of rotatable bonds is 11. The first-order chi connectivity index (χ1) is 33.4. The summed E-state index contributed by atoms with van der Waals surface area (Å²) in [5.41, 5.74) is 20.5. The molecule has 0 bridgehead atoms. The molecule has 0 unspecified atom stereocenters. The first-order valence-corrected chi connectivity index (χ1v) is 23.4. The Morgan fingerprint density at radius 3 is 1.50 bits per heavy atom. The van der Waals surface area contributed by atoms with Crippen LogP contribution in [0.15, 0.2) is 237 Å². The lowest BCUT2D eigenvalue weighted by molar-refractivity contribution is 0.998. The van der Waals surface area contributed by atoms with Gasteiger partial charge in [-0.15, -0.1) is 0 Å². The fourth-order valence-electron chi connectivity index (χ4n) is 9.98. The number of benzene rings is 9. The van der Waals surface area contributed by atoms with E-state index in [9.17, 15) is 0 Å². The van der Waals surface area contributed by atoms with Gasteiger partial charge < -0.3 is 14.4 Å². The van der Waals surface area contributed by atoms with Crippen LogP contribution < -0.4 is 20.4 Å². The molecule has 1 aromatic heterocycles. The highest BCUT2D eigenvalue weighted by Crippen LogP contribution is 2.43. The maximum Gasteiger partial charge on any atom is 0.0541 e. The molecule has 0 spiro atoms. The molecule has 0 radical (unpaired) electrons. The van der Waals surface area contributed by atoms with Crippen molar-refractivity contribution in [3.8, 4) is 27.9 Å². The fourth-order valence-corrected chi connectivity index (χ4v) is 9.98. The predicted molar refractivity (Wildman–Crippen MR) is 291 cm³/mol. The second-order valence-electron chi connectivity index (χ2n) is 17.6. The van der Waals surface area contributed by atoms with Crippen LogP contribution in [-0.2, 0) is 6.42 Å². The van der Waals surface area contributed by atoms with Crippen molar-refractivity contribution >= 4 is 69.2 Å². The van der Waals surface area contributed by atoms with Crippen molar-refractivity contribution in [2.24, 2.45) is 0 Å². The average molecular weight is 874 g/mol. The van der Waals surface area contributed by atoms with Crippen LogP contribution in [0.3, 0.4) is 0 Å². The monoisotopic (exact) mass is 873 g/mol. The largest absolute Gasteiger partial charge is 0.341 e. The number of nitrogens with zero attached hydrogens (tertiary/aromatic N) is 3. The van der Waals surface area contributed by atoms with Crippen LogP contribution in [0.5, 0.6) is 0 Å². The lowest BCUT2D eigenvalue weighted by Gasteiger charge is -2.26. The Labute approximate surface area is 399 Å². The number of anilines is 5. The molecule has 1 aliphatic heterocycles. The number of aromatic nitrogens is 1. The van der Waals surface area contributed by atoms with Gasteiger partial charge >= 0.3 is 0 Å². The molecular formula is C65H51N3. The fraction of sp³-hybridized carbons (Fsp3) is 0.0462. The van der Waals surface area contributed by atoms with Crippen LogP contribution in [0.4, 0.5) is 28.4 Å². The maximum absolute atomic E-state index is 4.90.